The van der Waals surface area contributed by atoms with Crippen LogP contribution >= 0.6 is 0 Å². The Labute approximate surface area is 125 Å². The predicted octanol–water partition coefficient (Wildman–Crippen LogP) is 2.70. The van der Waals surface area contributed by atoms with Gasteiger partial charge in [0, 0.05) is 19.7 Å². The molecule has 21 heavy (non-hydrogen) atoms. The van der Waals surface area contributed by atoms with Crippen LogP contribution in [0.3, 0.4) is 0 Å². The molecule has 0 spiro atoms. The Morgan fingerprint density at radius 2 is 2.29 bits per heavy atom. The van der Waals surface area contributed by atoms with E-state index < -0.39 is 5.97 Å². The lowest BCUT2D eigenvalue weighted by Crippen LogP contribution is -2.32. The molecule has 2 aliphatic heterocycles. The zero-order valence-electron chi connectivity index (χ0n) is 12.4. The lowest BCUT2D eigenvalue weighted by molar-refractivity contribution is 0.0696. The first-order valence-electron chi connectivity index (χ1n) is 7.91. The molecule has 1 saturated heterocycles. The molecule has 0 radical (unpaired) electrons. The molecule has 114 valence electrons. The van der Waals surface area contributed by atoms with Gasteiger partial charge in [-0.2, -0.15) is 0 Å². The summed E-state index contributed by atoms with van der Waals surface area (Å²) >= 11 is 0. The summed E-state index contributed by atoms with van der Waals surface area (Å²) in [5.41, 5.74) is 2.88. The quantitative estimate of drug-likeness (QED) is 0.905. The zero-order chi connectivity index (χ0) is 14.7. The first kappa shape index (κ1) is 14.5. The molecule has 1 aromatic rings. The second-order valence-corrected chi connectivity index (χ2v) is 6.09. The summed E-state index contributed by atoms with van der Waals surface area (Å²) in [6, 6.07) is 5.53. The number of aromatic carboxylic acids is 1. The fraction of sp³-hybridized carbons (Fsp3) is 0.588. The molecule has 3 rings (SSSR count). The molecular formula is C17H23NO3. The highest BCUT2D eigenvalue weighted by atomic mass is 16.5. The molecule has 1 unspecified atom stereocenters. The number of hydrogen-bond donors (Lipinski definition) is 1. The van der Waals surface area contributed by atoms with Gasteiger partial charge in [-0.3, -0.25) is 4.90 Å². The standard InChI is InChI=1S/C17H23NO3/c19-17(20)14-6-5-13-7-9-18(12-15(13)11-14)8-1-3-16-4-2-10-21-16/h5-6,11,16H,1-4,7-10,12H2,(H,19,20). The van der Waals surface area contributed by atoms with E-state index in [9.17, 15) is 4.79 Å². The number of nitrogens with zero attached hydrogens (tertiary/aromatic N) is 1. The number of carbonyl (C=O) groups is 1. The summed E-state index contributed by atoms with van der Waals surface area (Å²) in [6.07, 6.45) is 6.23. The molecular weight excluding hydrogens is 266 g/mol. The molecule has 4 heteroatoms. The second kappa shape index (κ2) is 6.58. The van der Waals surface area contributed by atoms with E-state index in [-0.39, 0.29) is 0 Å². The van der Waals surface area contributed by atoms with Crippen LogP contribution in [0.1, 0.15) is 47.2 Å². The van der Waals surface area contributed by atoms with Crippen molar-refractivity contribution < 1.29 is 14.6 Å². The number of benzene rings is 1. The Morgan fingerprint density at radius 3 is 3.05 bits per heavy atom. The van der Waals surface area contributed by atoms with Gasteiger partial charge in [-0.15, -0.1) is 0 Å². The first-order chi connectivity index (χ1) is 10.2. The minimum absolute atomic E-state index is 0.398. The van der Waals surface area contributed by atoms with Crippen LogP contribution in [-0.2, 0) is 17.7 Å². The van der Waals surface area contributed by atoms with Gasteiger partial charge in [0.1, 0.15) is 0 Å². The molecule has 1 N–H and O–H groups in total. The zero-order valence-corrected chi connectivity index (χ0v) is 12.4. The molecule has 0 bridgehead atoms. The van der Waals surface area contributed by atoms with E-state index in [0.717, 1.165) is 39.1 Å². The molecule has 2 aliphatic rings. The molecule has 0 amide bonds. The summed E-state index contributed by atoms with van der Waals surface area (Å²) in [6.45, 7) is 3.96. The van der Waals surface area contributed by atoms with Crippen molar-refractivity contribution in [1.29, 1.82) is 0 Å². The summed E-state index contributed by atoms with van der Waals surface area (Å²) in [7, 11) is 0. The number of hydrogen-bond acceptors (Lipinski definition) is 3. The van der Waals surface area contributed by atoms with Gasteiger partial charge < -0.3 is 9.84 Å². The third kappa shape index (κ3) is 3.63. The van der Waals surface area contributed by atoms with E-state index in [1.165, 1.54) is 30.4 Å². The van der Waals surface area contributed by atoms with E-state index in [1.54, 1.807) is 6.07 Å². The third-order valence-corrected chi connectivity index (χ3v) is 4.57. The van der Waals surface area contributed by atoms with Crippen molar-refractivity contribution in [3.05, 3.63) is 34.9 Å². The fourth-order valence-electron chi connectivity index (χ4n) is 3.35. The van der Waals surface area contributed by atoms with Crippen LogP contribution in [0.2, 0.25) is 0 Å². The Bertz CT molecular complexity index is 509. The minimum atomic E-state index is -0.840. The highest BCUT2D eigenvalue weighted by Gasteiger charge is 2.19. The smallest absolute Gasteiger partial charge is 0.335 e. The van der Waals surface area contributed by atoms with Crippen LogP contribution in [0, 0.1) is 0 Å². The van der Waals surface area contributed by atoms with Crippen molar-refractivity contribution in [2.75, 3.05) is 19.7 Å². The third-order valence-electron chi connectivity index (χ3n) is 4.57. The minimum Gasteiger partial charge on any atom is -0.478 e. The Kier molecular flexibility index (Phi) is 4.56. The first-order valence-corrected chi connectivity index (χ1v) is 7.91. The fourth-order valence-corrected chi connectivity index (χ4v) is 3.35. The normalized spacial score (nSPS) is 22.2. The van der Waals surface area contributed by atoms with Gasteiger partial charge >= 0.3 is 5.97 Å². The summed E-state index contributed by atoms with van der Waals surface area (Å²) in [5, 5.41) is 9.09. The van der Waals surface area contributed by atoms with Gasteiger partial charge in [-0.25, -0.2) is 4.79 Å². The largest absolute Gasteiger partial charge is 0.478 e. The summed E-state index contributed by atoms with van der Waals surface area (Å²) in [4.78, 5) is 13.5. The van der Waals surface area contributed by atoms with Gasteiger partial charge in [0.15, 0.2) is 0 Å². The lowest BCUT2D eigenvalue weighted by atomic mass is 9.97. The maximum Gasteiger partial charge on any atom is 0.335 e. The molecule has 2 heterocycles. The number of ether oxygens (including phenoxy) is 1. The maximum absolute atomic E-state index is 11.1. The van der Waals surface area contributed by atoms with Crippen LogP contribution in [-0.4, -0.2) is 41.8 Å². The topological polar surface area (TPSA) is 49.8 Å². The SMILES string of the molecule is O=C(O)c1ccc2c(c1)CN(CCCC1CCCO1)CC2. The molecule has 1 aromatic carbocycles. The van der Waals surface area contributed by atoms with Gasteiger partial charge in [0.05, 0.1) is 11.7 Å². The maximum atomic E-state index is 11.1. The lowest BCUT2D eigenvalue weighted by Gasteiger charge is -2.29. The average Bonchev–Trinajstić information content (AvgIpc) is 2.99. The van der Waals surface area contributed by atoms with Crippen molar-refractivity contribution in [2.24, 2.45) is 0 Å². The summed E-state index contributed by atoms with van der Waals surface area (Å²) < 4.78 is 5.66. The second-order valence-electron chi connectivity index (χ2n) is 6.09. The highest BCUT2D eigenvalue weighted by Crippen LogP contribution is 2.22. The van der Waals surface area contributed by atoms with E-state index >= 15 is 0 Å². The van der Waals surface area contributed by atoms with E-state index in [1.807, 2.05) is 12.1 Å². The van der Waals surface area contributed by atoms with Crippen LogP contribution in [0.15, 0.2) is 18.2 Å². The van der Waals surface area contributed by atoms with Gasteiger partial charge in [-0.05, 0) is 61.9 Å². The number of rotatable bonds is 5. The molecule has 4 nitrogen and oxygen atoms in total. The molecule has 0 aromatic heterocycles. The number of carboxylic acids is 1. The highest BCUT2D eigenvalue weighted by molar-refractivity contribution is 5.87. The van der Waals surface area contributed by atoms with Crippen LogP contribution in [0.25, 0.3) is 0 Å². The van der Waals surface area contributed by atoms with E-state index in [4.69, 9.17) is 9.84 Å². The molecule has 1 fully saturated rings. The van der Waals surface area contributed by atoms with Crippen LogP contribution < -0.4 is 0 Å². The van der Waals surface area contributed by atoms with Crippen molar-refractivity contribution in [3.63, 3.8) is 0 Å². The Morgan fingerprint density at radius 1 is 1.38 bits per heavy atom. The number of fused-ring (bicyclic) bond motifs is 1. The monoisotopic (exact) mass is 289 g/mol. The average molecular weight is 289 g/mol. The van der Waals surface area contributed by atoms with Crippen molar-refractivity contribution in [2.45, 2.75) is 44.8 Å². The van der Waals surface area contributed by atoms with Gasteiger partial charge in [0.2, 0.25) is 0 Å². The van der Waals surface area contributed by atoms with Crippen molar-refractivity contribution in [1.82, 2.24) is 4.90 Å². The van der Waals surface area contributed by atoms with E-state index in [0.29, 0.717) is 11.7 Å². The van der Waals surface area contributed by atoms with Gasteiger partial charge in [-0.1, -0.05) is 6.07 Å². The van der Waals surface area contributed by atoms with Gasteiger partial charge in [0.25, 0.3) is 0 Å². The van der Waals surface area contributed by atoms with Crippen LogP contribution in [0.4, 0.5) is 0 Å². The van der Waals surface area contributed by atoms with Crippen molar-refractivity contribution >= 4 is 5.97 Å². The molecule has 0 saturated carbocycles. The van der Waals surface area contributed by atoms with Crippen molar-refractivity contribution in [3.8, 4) is 0 Å². The Balaban J connectivity index is 1.53. The predicted molar refractivity (Wildman–Crippen MR) is 80.6 cm³/mol. The summed E-state index contributed by atoms with van der Waals surface area (Å²) in [5.74, 6) is -0.840. The van der Waals surface area contributed by atoms with E-state index in [2.05, 4.69) is 4.90 Å². The molecule has 1 atom stereocenters. The number of carboxylic acid groups (broad SMARTS) is 1. The Hall–Kier alpha value is -1.39. The molecule has 0 aliphatic carbocycles. The van der Waals surface area contributed by atoms with Crippen LogP contribution in [0.5, 0.6) is 0 Å².